The molecule has 3 atom stereocenters. The second-order valence-corrected chi connectivity index (χ2v) is 6.61. The summed E-state index contributed by atoms with van der Waals surface area (Å²) in [6, 6.07) is 5.25. The molecule has 0 bridgehead atoms. The molecule has 2 unspecified atom stereocenters. The van der Waals surface area contributed by atoms with Crippen LogP contribution >= 0.6 is 0 Å². The molecule has 1 saturated heterocycles. The van der Waals surface area contributed by atoms with Crippen molar-refractivity contribution in [1.82, 2.24) is 10.2 Å². The number of carbonyl (C=O) groups excluding carboxylic acids is 3. The first-order valence-corrected chi connectivity index (χ1v) is 8.06. The van der Waals surface area contributed by atoms with Gasteiger partial charge in [-0.2, -0.15) is 0 Å². The van der Waals surface area contributed by atoms with E-state index in [2.05, 4.69) is 11.4 Å². The summed E-state index contributed by atoms with van der Waals surface area (Å²) in [6.45, 7) is 1.11. The summed E-state index contributed by atoms with van der Waals surface area (Å²) in [6.07, 6.45) is 1.75. The molecule has 2 heterocycles. The Bertz CT molecular complexity index is 715. The van der Waals surface area contributed by atoms with Crippen LogP contribution in [0.15, 0.2) is 18.2 Å². The highest BCUT2D eigenvalue weighted by molar-refractivity contribution is 6.05. The largest absolute Gasteiger partial charge is 0.330 e. The summed E-state index contributed by atoms with van der Waals surface area (Å²) in [5.41, 5.74) is 8.66. The lowest BCUT2D eigenvalue weighted by atomic mass is 9.98. The summed E-state index contributed by atoms with van der Waals surface area (Å²) in [5, 5.41) is 2.33. The molecule has 4 rings (SSSR count). The Morgan fingerprint density at radius 3 is 2.78 bits per heavy atom. The van der Waals surface area contributed by atoms with E-state index < -0.39 is 6.04 Å². The van der Waals surface area contributed by atoms with Gasteiger partial charge in [-0.05, 0) is 48.4 Å². The molecule has 2 fully saturated rings. The van der Waals surface area contributed by atoms with E-state index in [9.17, 15) is 14.4 Å². The van der Waals surface area contributed by atoms with Crippen molar-refractivity contribution in [2.75, 3.05) is 6.54 Å². The Labute approximate surface area is 134 Å². The smallest absolute Gasteiger partial charge is 0.255 e. The number of amides is 3. The first kappa shape index (κ1) is 14.4. The van der Waals surface area contributed by atoms with Crippen LogP contribution in [-0.2, 0) is 16.1 Å². The molecule has 1 aromatic rings. The number of hydrogen-bond acceptors (Lipinski definition) is 4. The van der Waals surface area contributed by atoms with E-state index in [0.29, 0.717) is 36.9 Å². The van der Waals surface area contributed by atoms with Crippen LogP contribution in [0.5, 0.6) is 0 Å². The highest BCUT2D eigenvalue weighted by Crippen LogP contribution is 2.49. The fourth-order valence-electron chi connectivity index (χ4n) is 3.85. The summed E-state index contributed by atoms with van der Waals surface area (Å²) >= 11 is 0. The second-order valence-electron chi connectivity index (χ2n) is 6.61. The van der Waals surface area contributed by atoms with Gasteiger partial charge in [0, 0.05) is 18.5 Å². The van der Waals surface area contributed by atoms with Gasteiger partial charge in [-0.1, -0.05) is 12.1 Å². The zero-order valence-electron chi connectivity index (χ0n) is 12.7. The molecule has 1 aromatic carbocycles. The zero-order valence-corrected chi connectivity index (χ0v) is 12.7. The molecule has 0 aromatic heterocycles. The number of fused-ring (bicyclic) bond motifs is 1. The van der Waals surface area contributed by atoms with Crippen LogP contribution in [0.3, 0.4) is 0 Å². The first-order valence-electron chi connectivity index (χ1n) is 8.06. The SMILES string of the molecule is NCC1C[C@@H]1c1cccc2c1CN(C1CCC(=O)NC1=O)C2=O. The predicted molar refractivity (Wildman–Crippen MR) is 82.4 cm³/mol. The number of nitrogens with one attached hydrogen (secondary N) is 1. The monoisotopic (exact) mass is 313 g/mol. The van der Waals surface area contributed by atoms with Crippen LogP contribution in [-0.4, -0.2) is 35.2 Å². The number of imide groups is 1. The number of rotatable bonds is 3. The van der Waals surface area contributed by atoms with Gasteiger partial charge in [-0.15, -0.1) is 0 Å². The van der Waals surface area contributed by atoms with Crippen molar-refractivity contribution in [3.05, 3.63) is 34.9 Å². The van der Waals surface area contributed by atoms with E-state index in [1.54, 1.807) is 4.90 Å². The van der Waals surface area contributed by atoms with E-state index in [-0.39, 0.29) is 24.1 Å². The Morgan fingerprint density at radius 2 is 2.09 bits per heavy atom. The van der Waals surface area contributed by atoms with Gasteiger partial charge in [0.25, 0.3) is 5.91 Å². The maximum atomic E-state index is 12.7. The van der Waals surface area contributed by atoms with Crippen molar-refractivity contribution in [3.8, 4) is 0 Å². The molecule has 0 radical (unpaired) electrons. The average molecular weight is 313 g/mol. The van der Waals surface area contributed by atoms with Gasteiger partial charge in [-0.3, -0.25) is 19.7 Å². The fourth-order valence-corrected chi connectivity index (χ4v) is 3.85. The lowest BCUT2D eigenvalue weighted by Gasteiger charge is -2.29. The van der Waals surface area contributed by atoms with Gasteiger partial charge in [0.05, 0.1) is 0 Å². The highest BCUT2D eigenvalue weighted by atomic mass is 16.2. The molecular formula is C17H19N3O3. The third kappa shape index (κ3) is 2.25. The number of hydrogen-bond donors (Lipinski definition) is 2. The summed E-state index contributed by atoms with van der Waals surface area (Å²) in [7, 11) is 0. The van der Waals surface area contributed by atoms with Crippen molar-refractivity contribution in [2.24, 2.45) is 11.7 Å². The Balaban J connectivity index is 1.62. The number of benzene rings is 1. The van der Waals surface area contributed by atoms with Crippen LogP contribution in [0.4, 0.5) is 0 Å². The molecule has 6 heteroatoms. The van der Waals surface area contributed by atoms with Gasteiger partial charge < -0.3 is 10.6 Å². The minimum absolute atomic E-state index is 0.110. The Hall–Kier alpha value is -2.21. The lowest BCUT2D eigenvalue weighted by molar-refractivity contribution is -0.136. The van der Waals surface area contributed by atoms with Gasteiger partial charge in [0.1, 0.15) is 6.04 Å². The van der Waals surface area contributed by atoms with E-state index in [1.807, 2.05) is 12.1 Å². The molecule has 3 aliphatic rings. The van der Waals surface area contributed by atoms with Gasteiger partial charge in [-0.25, -0.2) is 0 Å². The van der Waals surface area contributed by atoms with Crippen LogP contribution in [0.2, 0.25) is 0 Å². The summed E-state index contributed by atoms with van der Waals surface area (Å²) < 4.78 is 0. The maximum absolute atomic E-state index is 12.7. The minimum atomic E-state index is -0.551. The van der Waals surface area contributed by atoms with Crippen LogP contribution < -0.4 is 11.1 Å². The van der Waals surface area contributed by atoms with E-state index >= 15 is 0 Å². The van der Waals surface area contributed by atoms with Crippen molar-refractivity contribution in [3.63, 3.8) is 0 Å². The van der Waals surface area contributed by atoms with Gasteiger partial charge in [0.15, 0.2) is 0 Å². The van der Waals surface area contributed by atoms with Crippen LogP contribution in [0, 0.1) is 5.92 Å². The third-order valence-corrected chi connectivity index (χ3v) is 5.24. The molecule has 0 spiro atoms. The van der Waals surface area contributed by atoms with Gasteiger partial charge in [0.2, 0.25) is 11.8 Å². The fraction of sp³-hybridized carbons (Fsp3) is 0.471. The molecule has 6 nitrogen and oxygen atoms in total. The average Bonchev–Trinajstić information content (AvgIpc) is 3.25. The van der Waals surface area contributed by atoms with Gasteiger partial charge >= 0.3 is 0 Å². The summed E-state index contributed by atoms with van der Waals surface area (Å²) in [4.78, 5) is 37.7. The number of nitrogens with two attached hydrogens (primary N) is 1. The maximum Gasteiger partial charge on any atom is 0.255 e. The molecular weight excluding hydrogens is 294 g/mol. The quantitative estimate of drug-likeness (QED) is 0.795. The summed E-state index contributed by atoms with van der Waals surface area (Å²) in [5.74, 6) is 0.196. The normalized spacial score (nSPS) is 29.5. The molecule has 3 amide bonds. The lowest BCUT2D eigenvalue weighted by Crippen LogP contribution is -2.52. The first-order chi connectivity index (χ1) is 11.1. The van der Waals surface area contributed by atoms with Crippen LogP contribution in [0.1, 0.15) is 46.7 Å². The molecule has 120 valence electrons. The highest BCUT2D eigenvalue weighted by Gasteiger charge is 2.43. The Kier molecular flexibility index (Phi) is 3.23. The molecule has 2 aliphatic heterocycles. The van der Waals surface area contributed by atoms with Crippen LogP contribution in [0.25, 0.3) is 0 Å². The standard InChI is InChI=1S/C17H19N3O3/c18-7-9-6-12(9)10-2-1-3-11-13(10)8-20(17(11)23)14-4-5-15(21)19-16(14)22/h1-3,9,12,14H,4-8,18H2,(H,19,21,22)/t9?,12-,14?/m0/s1. The van der Waals surface area contributed by atoms with Crippen molar-refractivity contribution >= 4 is 17.7 Å². The molecule has 1 saturated carbocycles. The number of piperidine rings is 1. The van der Waals surface area contributed by atoms with Crippen molar-refractivity contribution in [1.29, 1.82) is 0 Å². The topological polar surface area (TPSA) is 92.5 Å². The predicted octanol–water partition coefficient (Wildman–Crippen LogP) is 0.510. The molecule has 3 N–H and O–H groups in total. The van der Waals surface area contributed by atoms with Crippen molar-refractivity contribution in [2.45, 2.75) is 37.8 Å². The number of carbonyl (C=O) groups is 3. The van der Waals surface area contributed by atoms with E-state index in [0.717, 1.165) is 12.0 Å². The number of nitrogens with zero attached hydrogens (tertiary/aromatic N) is 1. The Morgan fingerprint density at radius 1 is 1.26 bits per heavy atom. The molecule has 1 aliphatic carbocycles. The minimum Gasteiger partial charge on any atom is -0.330 e. The van der Waals surface area contributed by atoms with E-state index in [4.69, 9.17) is 5.73 Å². The van der Waals surface area contributed by atoms with Crippen molar-refractivity contribution < 1.29 is 14.4 Å². The third-order valence-electron chi connectivity index (χ3n) is 5.24. The second kappa shape index (κ2) is 5.16. The van der Waals surface area contributed by atoms with E-state index in [1.165, 1.54) is 5.56 Å². The molecule has 23 heavy (non-hydrogen) atoms. The zero-order chi connectivity index (χ0) is 16.1.